The van der Waals surface area contributed by atoms with E-state index in [4.69, 9.17) is 11.6 Å². The zero-order valence-corrected chi connectivity index (χ0v) is 9.59. The molecule has 0 amide bonds. The fourth-order valence-corrected chi connectivity index (χ4v) is 2.68. The fraction of sp³-hybridized carbons (Fsp3) is 0.556. The summed E-state index contributed by atoms with van der Waals surface area (Å²) in [6.45, 7) is 1.53. The van der Waals surface area contributed by atoms with Crippen molar-refractivity contribution in [2.45, 2.75) is 18.9 Å². The molecule has 1 fully saturated rings. The van der Waals surface area contributed by atoms with Gasteiger partial charge < -0.3 is 10.0 Å². The molecule has 0 atom stereocenters. The molecule has 0 saturated carbocycles. The SMILES string of the molecule is O=Cc1sc(N2CCC(O)CC2)nc1Cl. The van der Waals surface area contributed by atoms with E-state index in [1.165, 1.54) is 11.3 Å². The van der Waals surface area contributed by atoms with Gasteiger partial charge in [0.25, 0.3) is 0 Å². The Bertz CT molecular complexity index is 361. The second-order valence-electron chi connectivity index (χ2n) is 3.49. The monoisotopic (exact) mass is 246 g/mol. The van der Waals surface area contributed by atoms with Gasteiger partial charge in [0, 0.05) is 13.1 Å². The number of piperidine rings is 1. The molecule has 2 heterocycles. The van der Waals surface area contributed by atoms with Crippen LogP contribution in [0, 0.1) is 0 Å². The van der Waals surface area contributed by atoms with E-state index >= 15 is 0 Å². The van der Waals surface area contributed by atoms with Crippen molar-refractivity contribution in [1.29, 1.82) is 0 Å². The zero-order valence-electron chi connectivity index (χ0n) is 8.02. The minimum absolute atomic E-state index is 0.206. The van der Waals surface area contributed by atoms with Gasteiger partial charge in [-0.3, -0.25) is 4.79 Å². The fourth-order valence-electron chi connectivity index (χ4n) is 1.57. The van der Waals surface area contributed by atoms with E-state index in [1.54, 1.807) is 0 Å². The van der Waals surface area contributed by atoms with Crippen LogP contribution < -0.4 is 4.90 Å². The molecule has 6 heteroatoms. The number of halogens is 1. The summed E-state index contributed by atoms with van der Waals surface area (Å²) in [5, 5.41) is 10.4. The standard InChI is InChI=1S/C9H11ClN2O2S/c10-8-7(5-13)15-9(11-8)12-3-1-6(14)2-4-12/h5-6,14H,1-4H2. The third-order valence-electron chi connectivity index (χ3n) is 2.44. The lowest BCUT2D eigenvalue weighted by Crippen LogP contribution is -2.35. The van der Waals surface area contributed by atoms with Gasteiger partial charge in [0.1, 0.15) is 4.88 Å². The minimum Gasteiger partial charge on any atom is -0.393 e. The normalized spacial score (nSPS) is 18.1. The Morgan fingerprint density at radius 3 is 2.73 bits per heavy atom. The molecule has 15 heavy (non-hydrogen) atoms. The highest BCUT2D eigenvalue weighted by Gasteiger charge is 2.20. The largest absolute Gasteiger partial charge is 0.393 e. The average Bonchev–Trinajstić information content (AvgIpc) is 2.61. The zero-order chi connectivity index (χ0) is 10.8. The molecule has 0 radical (unpaired) electrons. The number of anilines is 1. The molecule has 0 aliphatic carbocycles. The van der Waals surface area contributed by atoms with Gasteiger partial charge >= 0.3 is 0 Å². The van der Waals surface area contributed by atoms with Crippen LogP contribution in [0.25, 0.3) is 0 Å². The number of aliphatic hydroxyl groups excluding tert-OH is 1. The van der Waals surface area contributed by atoms with Gasteiger partial charge in [-0.2, -0.15) is 0 Å². The van der Waals surface area contributed by atoms with Crippen molar-refractivity contribution in [3.05, 3.63) is 10.0 Å². The molecule has 4 nitrogen and oxygen atoms in total. The molecule has 1 saturated heterocycles. The third kappa shape index (κ3) is 2.30. The van der Waals surface area contributed by atoms with Crippen molar-refractivity contribution in [3.8, 4) is 0 Å². The maximum absolute atomic E-state index is 10.6. The van der Waals surface area contributed by atoms with Crippen LogP contribution in [0.1, 0.15) is 22.5 Å². The molecular weight excluding hydrogens is 236 g/mol. The van der Waals surface area contributed by atoms with Crippen molar-refractivity contribution in [1.82, 2.24) is 4.98 Å². The molecule has 1 aliphatic heterocycles. The second kappa shape index (κ2) is 4.47. The van der Waals surface area contributed by atoms with E-state index in [-0.39, 0.29) is 11.3 Å². The maximum atomic E-state index is 10.6. The summed E-state index contributed by atoms with van der Waals surface area (Å²) < 4.78 is 0. The van der Waals surface area contributed by atoms with Crippen LogP contribution in [0.3, 0.4) is 0 Å². The van der Waals surface area contributed by atoms with Crippen LogP contribution in [-0.2, 0) is 0 Å². The highest BCUT2D eigenvalue weighted by Crippen LogP contribution is 2.29. The van der Waals surface area contributed by atoms with Gasteiger partial charge in [0.2, 0.25) is 0 Å². The molecule has 82 valence electrons. The number of carbonyl (C=O) groups is 1. The van der Waals surface area contributed by atoms with Gasteiger partial charge in [-0.05, 0) is 12.8 Å². The maximum Gasteiger partial charge on any atom is 0.187 e. The van der Waals surface area contributed by atoms with E-state index in [2.05, 4.69) is 9.88 Å². The lowest BCUT2D eigenvalue weighted by atomic mass is 10.1. The van der Waals surface area contributed by atoms with Crippen LogP contribution in [0.2, 0.25) is 5.15 Å². The second-order valence-corrected chi connectivity index (χ2v) is 4.85. The van der Waals surface area contributed by atoms with E-state index in [9.17, 15) is 9.90 Å². The average molecular weight is 247 g/mol. The van der Waals surface area contributed by atoms with Crippen LogP contribution >= 0.6 is 22.9 Å². The quantitative estimate of drug-likeness (QED) is 0.805. The van der Waals surface area contributed by atoms with Crippen molar-refractivity contribution >= 4 is 34.4 Å². The number of hydrogen-bond acceptors (Lipinski definition) is 5. The topological polar surface area (TPSA) is 53.4 Å². The van der Waals surface area contributed by atoms with Gasteiger partial charge in [-0.1, -0.05) is 22.9 Å². The highest BCUT2D eigenvalue weighted by molar-refractivity contribution is 7.17. The number of nitrogens with zero attached hydrogens (tertiary/aromatic N) is 2. The molecule has 0 unspecified atom stereocenters. The summed E-state index contributed by atoms with van der Waals surface area (Å²) in [5.74, 6) is 0. The Hall–Kier alpha value is -0.650. The van der Waals surface area contributed by atoms with E-state index in [0.29, 0.717) is 4.88 Å². The smallest absolute Gasteiger partial charge is 0.187 e. The Morgan fingerprint density at radius 2 is 2.20 bits per heavy atom. The Kier molecular flexibility index (Phi) is 3.23. The van der Waals surface area contributed by atoms with Crippen molar-refractivity contribution in [2.75, 3.05) is 18.0 Å². The number of carbonyl (C=O) groups excluding carboxylic acids is 1. The van der Waals surface area contributed by atoms with E-state index in [0.717, 1.165) is 37.3 Å². The summed E-state index contributed by atoms with van der Waals surface area (Å²) in [5.41, 5.74) is 0. The van der Waals surface area contributed by atoms with Gasteiger partial charge in [-0.25, -0.2) is 4.98 Å². The van der Waals surface area contributed by atoms with Gasteiger partial charge in [0.15, 0.2) is 16.6 Å². The van der Waals surface area contributed by atoms with Crippen LogP contribution in [0.15, 0.2) is 0 Å². The highest BCUT2D eigenvalue weighted by atomic mass is 35.5. The number of aliphatic hydroxyl groups is 1. The van der Waals surface area contributed by atoms with Crippen molar-refractivity contribution in [2.24, 2.45) is 0 Å². The number of aromatic nitrogens is 1. The van der Waals surface area contributed by atoms with E-state index in [1.807, 2.05) is 0 Å². The molecular formula is C9H11ClN2O2S. The molecule has 1 aromatic heterocycles. The molecule has 0 aromatic carbocycles. The number of aldehydes is 1. The van der Waals surface area contributed by atoms with Crippen molar-refractivity contribution in [3.63, 3.8) is 0 Å². The summed E-state index contributed by atoms with van der Waals surface area (Å²) in [6, 6.07) is 0. The Labute approximate surface area is 96.5 Å². The Balaban J connectivity index is 2.12. The first-order valence-corrected chi connectivity index (χ1v) is 5.94. The first-order valence-electron chi connectivity index (χ1n) is 4.75. The lowest BCUT2D eigenvalue weighted by Gasteiger charge is -2.28. The van der Waals surface area contributed by atoms with Crippen LogP contribution in [-0.4, -0.2) is 35.6 Å². The molecule has 0 bridgehead atoms. The molecule has 1 aliphatic rings. The predicted molar refractivity (Wildman–Crippen MR) is 60.0 cm³/mol. The number of thiazole rings is 1. The number of hydrogen-bond donors (Lipinski definition) is 1. The minimum atomic E-state index is -0.206. The summed E-state index contributed by atoms with van der Waals surface area (Å²) in [6.07, 6.45) is 2.01. The molecule has 2 rings (SSSR count). The summed E-state index contributed by atoms with van der Waals surface area (Å²) in [4.78, 5) is 17.3. The predicted octanol–water partition coefficient (Wildman–Crippen LogP) is 1.57. The Morgan fingerprint density at radius 1 is 1.53 bits per heavy atom. The first kappa shape index (κ1) is 10.9. The molecule has 1 aromatic rings. The lowest BCUT2D eigenvalue weighted by molar-refractivity contribution is 0.112. The van der Waals surface area contributed by atoms with Crippen LogP contribution in [0.4, 0.5) is 5.13 Å². The van der Waals surface area contributed by atoms with Gasteiger partial charge in [0.05, 0.1) is 6.10 Å². The summed E-state index contributed by atoms with van der Waals surface area (Å²) in [7, 11) is 0. The van der Waals surface area contributed by atoms with E-state index < -0.39 is 0 Å². The third-order valence-corrected chi connectivity index (χ3v) is 3.88. The number of rotatable bonds is 2. The molecule has 0 spiro atoms. The first-order chi connectivity index (χ1) is 7.20. The molecule has 1 N–H and O–H groups in total. The van der Waals surface area contributed by atoms with Gasteiger partial charge in [-0.15, -0.1) is 0 Å². The van der Waals surface area contributed by atoms with Crippen LogP contribution in [0.5, 0.6) is 0 Å². The van der Waals surface area contributed by atoms with Crippen molar-refractivity contribution < 1.29 is 9.90 Å². The summed E-state index contributed by atoms with van der Waals surface area (Å²) >= 11 is 7.09.